The molecule has 0 bridgehead atoms. The van der Waals surface area contributed by atoms with Crippen molar-refractivity contribution in [2.75, 3.05) is 17.7 Å². The van der Waals surface area contributed by atoms with E-state index in [2.05, 4.69) is 56.2 Å². The van der Waals surface area contributed by atoms with Crippen LogP contribution in [0.25, 0.3) is 11.4 Å². The molecule has 0 radical (unpaired) electrons. The van der Waals surface area contributed by atoms with Gasteiger partial charge in [0.1, 0.15) is 16.8 Å². The molecule has 0 aliphatic heterocycles. The highest BCUT2D eigenvalue weighted by molar-refractivity contribution is 7.99. The number of thioether (sulfide) groups is 1. The van der Waals surface area contributed by atoms with E-state index in [0.29, 0.717) is 34.2 Å². The van der Waals surface area contributed by atoms with Crippen molar-refractivity contribution in [1.29, 1.82) is 5.26 Å². The third-order valence-corrected chi connectivity index (χ3v) is 9.70. The molecule has 2 aromatic heterocycles. The molecule has 9 heteroatoms. The number of nitrogens with one attached hydrogen (secondary N) is 1. The van der Waals surface area contributed by atoms with Crippen LogP contribution in [0.5, 0.6) is 5.75 Å². The standard InChI is InChI=1S/C29H37N5O2S2/c1-7-29(4,5)20-10-13-22-23(15-30)27(38-24(22)14-20)31-25(35)17-37-28-33-32-26(34(28)6)19-8-11-21(12-9-19)36-16-18(2)3/h8-9,11-12,18,20H,7,10,13-14,16-17H2,1-6H3,(H,31,35). The number of thiophene rings is 1. The molecule has 1 unspecified atom stereocenters. The minimum Gasteiger partial charge on any atom is -0.493 e. The maximum Gasteiger partial charge on any atom is 0.235 e. The average molecular weight is 552 g/mol. The van der Waals surface area contributed by atoms with E-state index < -0.39 is 0 Å². The topological polar surface area (TPSA) is 92.8 Å². The lowest BCUT2D eigenvalue weighted by molar-refractivity contribution is -0.113. The molecule has 7 nitrogen and oxygen atoms in total. The van der Waals surface area contributed by atoms with E-state index >= 15 is 0 Å². The second-order valence-electron chi connectivity index (χ2n) is 11.0. The first-order chi connectivity index (χ1) is 18.1. The van der Waals surface area contributed by atoms with Crippen molar-refractivity contribution in [2.24, 2.45) is 24.3 Å². The van der Waals surface area contributed by atoms with Crippen molar-refractivity contribution in [1.82, 2.24) is 14.8 Å². The lowest BCUT2D eigenvalue weighted by Gasteiger charge is -2.36. The highest BCUT2D eigenvalue weighted by Crippen LogP contribution is 2.45. The molecule has 0 saturated heterocycles. The van der Waals surface area contributed by atoms with E-state index in [1.54, 1.807) is 11.3 Å². The number of benzene rings is 1. The molecule has 1 amide bonds. The number of nitriles is 1. The van der Waals surface area contributed by atoms with Crippen LogP contribution in [0.3, 0.4) is 0 Å². The van der Waals surface area contributed by atoms with Crippen LogP contribution in [-0.2, 0) is 24.7 Å². The van der Waals surface area contributed by atoms with Crippen molar-refractivity contribution in [3.05, 3.63) is 40.3 Å². The summed E-state index contributed by atoms with van der Waals surface area (Å²) < 4.78 is 7.66. The Hall–Kier alpha value is -2.83. The monoisotopic (exact) mass is 551 g/mol. The molecule has 3 aromatic rings. The van der Waals surface area contributed by atoms with Gasteiger partial charge >= 0.3 is 0 Å². The number of aromatic nitrogens is 3. The molecule has 1 aliphatic rings. The van der Waals surface area contributed by atoms with Gasteiger partial charge < -0.3 is 14.6 Å². The third kappa shape index (κ3) is 6.24. The van der Waals surface area contributed by atoms with Crippen LogP contribution in [0.2, 0.25) is 0 Å². The zero-order chi connectivity index (χ0) is 27.4. The lowest BCUT2D eigenvalue weighted by Crippen LogP contribution is -2.28. The van der Waals surface area contributed by atoms with E-state index in [9.17, 15) is 10.1 Å². The Kier molecular flexibility index (Phi) is 8.84. The fourth-order valence-electron chi connectivity index (χ4n) is 4.70. The van der Waals surface area contributed by atoms with Gasteiger partial charge in [-0.05, 0) is 66.3 Å². The fourth-order valence-corrected chi connectivity index (χ4v) is 6.70. The highest BCUT2D eigenvalue weighted by Gasteiger charge is 2.34. The summed E-state index contributed by atoms with van der Waals surface area (Å²) in [6.45, 7) is 11.8. The van der Waals surface area contributed by atoms with Gasteiger partial charge in [0.25, 0.3) is 0 Å². The predicted molar refractivity (Wildman–Crippen MR) is 155 cm³/mol. The largest absolute Gasteiger partial charge is 0.493 e. The lowest BCUT2D eigenvalue weighted by atomic mass is 9.69. The molecular formula is C29H37N5O2S2. The summed E-state index contributed by atoms with van der Waals surface area (Å²) in [7, 11) is 1.90. The van der Waals surface area contributed by atoms with Crippen LogP contribution in [0.15, 0.2) is 29.4 Å². The molecule has 0 saturated carbocycles. The second kappa shape index (κ2) is 11.9. The number of carbonyl (C=O) groups is 1. The maximum absolute atomic E-state index is 12.9. The Labute approximate surface area is 234 Å². The number of amides is 1. The summed E-state index contributed by atoms with van der Waals surface area (Å²) in [4.78, 5) is 14.1. The summed E-state index contributed by atoms with van der Waals surface area (Å²) in [5.41, 5.74) is 2.97. The van der Waals surface area contributed by atoms with Crippen LogP contribution in [0.1, 0.15) is 63.5 Å². The first-order valence-electron chi connectivity index (χ1n) is 13.2. The molecule has 1 N–H and O–H groups in total. The zero-order valence-electron chi connectivity index (χ0n) is 23.1. The SMILES string of the molecule is CCC(C)(C)C1CCc2c(sc(NC(=O)CSc3nnc(-c4ccc(OCC(C)C)cc4)n3C)c2C#N)C1. The Balaban J connectivity index is 1.38. The molecule has 0 spiro atoms. The minimum atomic E-state index is -0.147. The van der Waals surface area contributed by atoms with E-state index in [0.717, 1.165) is 48.4 Å². The Bertz CT molecular complexity index is 1320. The quantitative estimate of drug-likeness (QED) is 0.281. The molecule has 1 aromatic carbocycles. The van der Waals surface area contributed by atoms with Gasteiger partial charge in [-0.2, -0.15) is 5.26 Å². The summed E-state index contributed by atoms with van der Waals surface area (Å²) in [5, 5.41) is 22.8. The van der Waals surface area contributed by atoms with Crippen LogP contribution < -0.4 is 10.1 Å². The normalized spacial score (nSPS) is 15.3. The van der Waals surface area contributed by atoms with Gasteiger partial charge in [-0.3, -0.25) is 4.79 Å². The van der Waals surface area contributed by atoms with E-state index in [-0.39, 0.29) is 17.1 Å². The molecule has 1 aliphatic carbocycles. The van der Waals surface area contributed by atoms with Crippen LogP contribution in [-0.4, -0.2) is 33.0 Å². The van der Waals surface area contributed by atoms with Crippen LogP contribution >= 0.6 is 23.1 Å². The molecule has 38 heavy (non-hydrogen) atoms. The summed E-state index contributed by atoms with van der Waals surface area (Å²) >= 11 is 2.90. The van der Waals surface area contributed by atoms with Crippen LogP contribution in [0, 0.1) is 28.6 Å². The minimum absolute atomic E-state index is 0.147. The molecule has 2 heterocycles. The number of hydrogen-bond donors (Lipinski definition) is 1. The predicted octanol–water partition coefficient (Wildman–Crippen LogP) is 6.72. The second-order valence-corrected chi connectivity index (χ2v) is 13.1. The molecule has 4 rings (SSSR count). The number of hydrogen-bond acceptors (Lipinski definition) is 7. The molecule has 0 fully saturated rings. The van der Waals surface area contributed by atoms with E-state index in [1.165, 1.54) is 16.6 Å². The summed E-state index contributed by atoms with van der Waals surface area (Å²) in [6, 6.07) is 10.2. The van der Waals surface area contributed by atoms with Crippen molar-refractivity contribution < 1.29 is 9.53 Å². The Morgan fingerprint density at radius 1 is 1.32 bits per heavy atom. The zero-order valence-corrected chi connectivity index (χ0v) is 24.8. The van der Waals surface area contributed by atoms with Crippen molar-refractivity contribution in [3.63, 3.8) is 0 Å². The van der Waals surface area contributed by atoms with Gasteiger partial charge in [0.15, 0.2) is 11.0 Å². The Morgan fingerprint density at radius 2 is 2.05 bits per heavy atom. The fraction of sp³-hybridized carbons (Fsp3) is 0.517. The van der Waals surface area contributed by atoms with E-state index in [1.807, 2.05) is 35.9 Å². The number of anilines is 1. The van der Waals surface area contributed by atoms with Gasteiger partial charge in [-0.25, -0.2) is 0 Å². The van der Waals surface area contributed by atoms with Crippen LogP contribution in [0.4, 0.5) is 5.00 Å². The van der Waals surface area contributed by atoms with Crippen molar-refractivity contribution in [2.45, 2.75) is 65.5 Å². The molecule has 1 atom stereocenters. The average Bonchev–Trinajstić information content (AvgIpc) is 3.44. The first kappa shape index (κ1) is 28.2. The van der Waals surface area contributed by atoms with Gasteiger partial charge in [-0.1, -0.05) is 52.8 Å². The number of ether oxygens (including phenoxy) is 1. The van der Waals surface area contributed by atoms with Gasteiger partial charge in [-0.15, -0.1) is 21.5 Å². The number of rotatable bonds is 10. The van der Waals surface area contributed by atoms with Crippen molar-refractivity contribution in [3.8, 4) is 23.2 Å². The first-order valence-corrected chi connectivity index (χ1v) is 15.0. The number of fused-ring (bicyclic) bond motifs is 1. The highest BCUT2D eigenvalue weighted by atomic mass is 32.2. The maximum atomic E-state index is 12.9. The smallest absolute Gasteiger partial charge is 0.235 e. The number of carbonyl (C=O) groups excluding carboxylic acids is 1. The summed E-state index contributed by atoms with van der Waals surface area (Å²) in [6.07, 6.45) is 4.10. The molecule has 202 valence electrons. The van der Waals surface area contributed by atoms with Gasteiger partial charge in [0.2, 0.25) is 5.91 Å². The van der Waals surface area contributed by atoms with Gasteiger partial charge in [0.05, 0.1) is 17.9 Å². The Morgan fingerprint density at radius 3 is 2.71 bits per heavy atom. The van der Waals surface area contributed by atoms with E-state index in [4.69, 9.17) is 4.74 Å². The number of nitrogens with zero attached hydrogens (tertiary/aromatic N) is 4. The van der Waals surface area contributed by atoms with Crippen molar-refractivity contribution >= 4 is 34.0 Å². The summed E-state index contributed by atoms with van der Waals surface area (Å²) in [5.74, 6) is 2.66. The molecular weight excluding hydrogens is 514 g/mol. The third-order valence-electron chi connectivity index (χ3n) is 7.51. The van der Waals surface area contributed by atoms with Gasteiger partial charge in [0, 0.05) is 17.5 Å².